The molecule has 5 rings (SSSR count). The van der Waals surface area contributed by atoms with E-state index in [9.17, 15) is 4.79 Å². The van der Waals surface area contributed by atoms with Crippen LogP contribution >= 0.6 is 0 Å². The molecule has 0 unspecified atom stereocenters. The molecule has 1 N–H and O–H groups in total. The molecule has 0 radical (unpaired) electrons. The Morgan fingerprint density at radius 3 is 2.32 bits per heavy atom. The minimum Gasteiger partial charge on any atom is -0.321 e. The normalized spacial score (nSPS) is 13.5. The van der Waals surface area contributed by atoms with E-state index < -0.39 is 0 Å². The van der Waals surface area contributed by atoms with E-state index in [0.717, 1.165) is 57.8 Å². The molecule has 0 spiro atoms. The van der Waals surface area contributed by atoms with Crippen molar-refractivity contribution in [3.63, 3.8) is 0 Å². The lowest BCUT2D eigenvalue weighted by Gasteiger charge is -2.13. The minimum atomic E-state index is -0.113. The van der Waals surface area contributed by atoms with Crippen molar-refractivity contribution < 1.29 is 4.79 Å². The number of aryl methyl sites for hydroxylation is 4. The second-order valence-corrected chi connectivity index (χ2v) is 8.62. The molecule has 0 bridgehead atoms. The lowest BCUT2D eigenvalue weighted by molar-refractivity contribution is 0.102. The third kappa shape index (κ3) is 3.50. The standard InChI is InChI=1S/C26H26N4O/c1-15-8-12-20(13-9-15)30-25-23(18(4)29-30)21(14-22(27-25)19-10-11-19)26(31)28-24-16(2)6-5-7-17(24)3/h5-9,12-14,19H,10-11H2,1-4H3,(H,28,31). The molecule has 1 aliphatic carbocycles. The first-order valence-corrected chi connectivity index (χ1v) is 10.8. The number of hydrogen-bond donors (Lipinski definition) is 1. The Morgan fingerprint density at radius 2 is 1.68 bits per heavy atom. The van der Waals surface area contributed by atoms with E-state index in [0.29, 0.717) is 11.5 Å². The van der Waals surface area contributed by atoms with Crippen molar-refractivity contribution >= 4 is 22.6 Å². The van der Waals surface area contributed by atoms with Crippen LogP contribution in [-0.4, -0.2) is 20.7 Å². The first kappa shape index (κ1) is 19.5. The van der Waals surface area contributed by atoms with Gasteiger partial charge in [-0.2, -0.15) is 5.10 Å². The molecule has 5 nitrogen and oxygen atoms in total. The van der Waals surface area contributed by atoms with E-state index in [1.807, 2.05) is 61.9 Å². The van der Waals surface area contributed by atoms with Gasteiger partial charge in [0.05, 0.1) is 22.3 Å². The van der Waals surface area contributed by atoms with Crippen LogP contribution in [0.2, 0.25) is 0 Å². The Morgan fingerprint density at radius 1 is 1.00 bits per heavy atom. The zero-order valence-corrected chi connectivity index (χ0v) is 18.4. The Balaban J connectivity index is 1.67. The molecule has 0 saturated heterocycles. The molecular formula is C26H26N4O. The summed E-state index contributed by atoms with van der Waals surface area (Å²) in [5.41, 5.74) is 8.28. The number of nitrogens with zero attached hydrogens (tertiary/aromatic N) is 3. The number of aromatic nitrogens is 3. The van der Waals surface area contributed by atoms with Crippen LogP contribution in [-0.2, 0) is 0 Å². The van der Waals surface area contributed by atoms with Crippen molar-refractivity contribution in [2.75, 3.05) is 5.32 Å². The molecular weight excluding hydrogens is 384 g/mol. The van der Waals surface area contributed by atoms with Gasteiger partial charge in [0.15, 0.2) is 5.65 Å². The van der Waals surface area contributed by atoms with Crippen molar-refractivity contribution in [1.82, 2.24) is 14.8 Å². The summed E-state index contributed by atoms with van der Waals surface area (Å²) in [7, 11) is 0. The number of benzene rings is 2. The van der Waals surface area contributed by atoms with Crippen molar-refractivity contribution in [3.8, 4) is 5.69 Å². The molecule has 0 aliphatic heterocycles. The smallest absolute Gasteiger partial charge is 0.256 e. The van der Waals surface area contributed by atoms with Crippen LogP contribution in [0.25, 0.3) is 16.7 Å². The zero-order chi connectivity index (χ0) is 21.7. The summed E-state index contributed by atoms with van der Waals surface area (Å²) >= 11 is 0. The average Bonchev–Trinajstić information content (AvgIpc) is 3.55. The number of nitrogens with one attached hydrogen (secondary N) is 1. The first-order chi connectivity index (χ1) is 14.9. The van der Waals surface area contributed by atoms with Gasteiger partial charge in [0, 0.05) is 17.3 Å². The van der Waals surface area contributed by atoms with Crippen LogP contribution in [0.3, 0.4) is 0 Å². The van der Waals surface area contributed by atoms with Crippen molar-refractivity contribution in [2.45, 2.75) is 46.5 Å². The summed E-state index contributed by atoms with van der Waals surface area (Å²) in [6.07, 6.45) is 2.24. The molecule has 1 saturated carbocycles. The molecule has 1 fully saturated rings. The van der Waals surface area contributed by atoms with Crippen LogP contribution in [0.4, 0.5) is 5.69 Å². The third-order valence-corrected chi connectivity index (χ3v) is 6.07. The molecule has 31 heavy (non-hydrogen) atoms. The van der Waals surface area contributed by atoms with Gasteiger partial charge in [-0.15, -0.1) is 0 Å². The lowest BCUT2D eigenvalue weighted by atomic mass is 10.1. The highest BCUT2D eigenvalue weighted by Crippen LogP contribution is 2.41. The van der Waals surface area contributed by atoms with E-state index in [4.69, 9.17) is 10.1 Å². The van der Waals surface area contributed by atoms with Crippen molar-refractivity contribution in [2.24, 2.45) is 0 Å². The number of rotatable bonds is 4. The number of anilines is 1. The maximum Gasteiger partial charge on any atom is 0.256 e. The van der Waals surface area contributed by atoms with Gasteiger partial charge in [-0.3, -0.25) is 4.79 Å². The highest BCUT2D eigenvalue weighted by Gasteiger charge is 2.29. The maximum atomic E-state index is 13.5. The van der Waals surface area contributed by atoms with Crippen molar-refractivity contribution in [3.05, 3.63) is 82.2 Å². The van der Waals surface area contributed by atoms with Crippen LogP contribution < -0.4 is 5.32 Å². The monoisotopic (exact) mass is 410 g/mol. The molecule has 2 aromatic heterocycles. The molecule has 2 aromatic carbocycles. The van der Waals surface area contributed by atoms with Gasteiger partial charge in [-0.05, 0) is 69.9 Å². The number of carbonyl (C=O) groups excluding carboxylic acids is 1. The maximum absolute atomic E-state index is 13.5. The van der Waals surface area contributed by atoms with Gasteiger partial charge in [0.2, 0.25) is 0 Å². The van der Waals surface area contributed by atoms with E-state index in [1.54, 1.807) is 0 Å². The summed E-state index contributed by atoms with van der Waals surface area (Å²) < 4.78 is 1.87. The largest absolute Gasteiger partial charge is 0.321 e. The first-order valence-electron chi connectivity index (χ1n) is 10.8. The molecule has 0 atom stereocenters. The van der Waals surface area contributed by atoms with Crippen LogP contribution in [0.1, 0.15) is 57.2 Å². The van der Waals surface area contributed by atoms with Gasteiger partial charge >= 0.3 is 0 Å². The highest BCUT2D eigenvalue weighted by molar-refractivity contribution is 6.13. The SMILES string of the molecule is Cc1ccc(-n2nc(C)c3c(C(=O)Nc4c(C)cccc4C)cc(C4CC4)nc32)cc1. The lowest BCUT2D eigenvalue weighted by Crippen LogP contribution is -2.15. The van der Waals surface area contributed by atoms with Crippen LogP contribution in [0, 0.1) is 27.7 Å². The van der Waals surface area contributed by atoms with Crippen LogP contribution in [0.5, 0.6) is 0 Å². The predicted octanol–water partition coefficient (Wildman–Crippen LogP) is 5.78. The average molecular weight is 411 g/mol. The fraction of sp³-hybridized carbons (Fsp3) is 0.269. The molecule has 1 amide bonds. The fourth-order valence-corrected chi connectivity index (χ4v) is 4.13. The fourth-order valence-electron chi connectivity index (χ4n) is 4.13. The minimum absolute atomic E-state index is 0.113. The van der Waals surface area contributed by atoms with Gasteiger partial charge in [-0.1, -0.05) is 35.9 Å². The summed E-state index contributed by atoms with van der Waals surface area (Å²) in [5.74, 6) is 0.316. The van der Waals surface area contributed by atoms with Crippen molar-refractivity contribution in [1.29, 1.82) is 0 Å². The number of pyridine rings is 1. The topological polar surface area (TPSA) is 59.8 Å². The Bertz CT molecular complexity index is 1290. The predicted molar refractivity (Wildman–Crippen MR) is 124 cm³/mol. The highest BCUT2D eigenvalue weighted by atomic mass is 16.1. The number of hydrogen-bond acceptors (Lipinski definition) is 3. The summed E-state index contributed by atoms with van der Waals surface area (Å²) in [4.78, 5) is 18.5. The van der Waals surface area contributed by atoms with E-state index in [2.05, 4.69) is 24.4 Å². The molecule has 1 aliphatic rings. The third-order valence-electron chi connectivity index (χ3n) is 6.07. The zero-order valence-electron chi connectivity index (χ0n) is 18.4. The summed E-state index contributed by atoms with van der Waals surface area (Å²) in [6, 6.07) is 16.2. The van der Waals surface area contributed by atoms with E-state index in [1.165, 1.54) is 5.56 Å². The van der Waals surface area contributed by atoms with Crippen LogP contribution in [0.15, 0.2) is 48.5 Å². The van der Waals surface area contributed by atoms with E-state index >= 15 is 0 Å². The van der Waals surface area contributed by atoms with Gasteiger partial charge in [0.1, 0.15) is 0 Å². The number of amides is 1. The molecule has 156 valence electrons. The molecule has 2 heterocycles. The summed E-state index contributed by atoms with van der Waals surface area (Å²) in [5, 5.41) is 8.74. The second-order valence-electron chi connectivity index (χ2n) is 8.62. The molecule has 5 heteroatoms. The van der Waals surface area contributed by atoms with Gasteiger partial charge in [-0.25, -0.2) is 9.67 Å². The number of carbonyl (C=O) groups is 1. The number of para-hydroxylation sites is 1. The Hall–Kier alpha value is -3.47. The second kappa shape index (κ2) is 7.34. The summed E-state index contributed by atoms with van der Waals surface area (Å²) in [6.45, 7) is 8.04. The van der Waals surface area contributed by atoms with Gasteiger partial charge in [0.25, 0.3) is 5.91 Å². The Labute approximate surface area is 182 Å². The Kier molecular flexibility index (Phi) is 4.62. The molecule has 4 aromatic rings. The van der Waals surface area contributed by atoms with Gasteiger partial charge < -0.3 is 5.32 Å². The quantitative estimate of drug-likeness (QED) is 0.464. The van der Waals surface area contributed by atoms with E-state index in [-0.39, 0.29) is 5.91 Å². The number of fused-ring (bicyclic) bond motifs is 1.